The summed E-state index contributed by atoms with van der Waals surface area (Å²) < 4.78 is 0. The molecule has 0 aromatic heterocycles. The van der Waals surface area contributed by atoms with Gasteiger partial charge in [-0.2, -0.15) is 0 Å². The summed E-state index contributed by atoms with van der Waals surface area (Å²) in [4.78, 5) is 41.4. The standard InChI is InChI=1S/C21H24N4O3/c1-23(2)19-8-6-18(7-9-19)22-20(27)16-4-3-5-17(14-16)21(28)25-12-10-24(15-26)11-13-25/h3-9,14-15H,10-13H2,1-2H3,(H,22,27). The molecule has 1 heterocycles. The predicted octanol–water partition coefficient (Wildman–Crippen LogP) is 1.92. The maximum Gasteiger partial charge on any atom is 0.255 e. The van der Waals surface area contributed by atoms with E-state index >= 15 is 0 Å². The Morgan fingerprint density at radius 1 is 0.964 bits per heavy atom. The van der Waals surface area contributed by atoms with Crippen LogP contribution < -0.4 is 10.2 Å². The van der Waals surface area contributed by atoms with Crippen LogP contribution in [0.5, 0.6) is 0 Å². The second-order valence-electron chi connectivity index (χ2n) is 6.91. The van der Waals surface area contributed by atoms with E-state index in [-0.39, 0.29) is 11.8 Å². The lowest BCUT2D eigenvalue weighted by Gasteiger charge is -2.32. The van der Waals surface area contributed by atoms with Crippen LogP contribution >= 0.6 is 0 Å². The van der Waals surface area contributed by atoms with Gasteiger partial charge in [-0.3, -0.25) is 14.4 Å². The third-order valence-electron chi connectivity index (χ3n) is 4.76. The van der Waals surface area contributed by atoms with E-state index in [2.05, 4.69) is 5.32 Å². The fraction of sp³-hybridized carbons (Fsp3) is 0.286. The van der Waals surface area contributed by atoms with Crippen molar-refractivity contribution in [1.82, 2.24) is 9.80 Å². The number of carbonyl (C=O) groups is 3. The van der Waals surface area contributed by atoms with Crippen molar-refractivity contribution in [3.8, 4) is 0 Å². The Kier molecular flexibility index (Phi) is 5.93. The molecule has 1 aliphatic heterocycles. The summed E-state index contributed by atoms with van der Waals surface area (Å²) in [5.41, 5.74) is 2.63. The van der Waals surface area contributed by atoms with Gasteiger partial charge in [-0.05, 0) is 42.5 Å². The van der Waals surface area contributed by atoms with E-state index in [0.29, 0.717) is 43.0 Å². The Labute approximate surface area is 164 Å². The number of carbonyl (C=O) groups excluding carboxylic acids is 3. The average molecular weight is 380 g/mol. The number of rotatable bonds is 5. The highest BCUT2D eigenvalue weighted by atomic mass is 16.2. The molecule has 2 aromatic carbocycles. The topological polar surface area (TPSA) is 73.0 Å². The predicted molar refractivity (Wildman–Crippen MR) is 109 cm³/mol. The van der Waals surface area contributed by atoms with Crippen molar-refractivity contribution in [2.75, 3.05) is 50.5 Å². The van der Waals surface area contributed by atoms with Crippen LogP contribution in [0.25, 0.3) is 0 Å². The molecule has 28 heavy (non-hydrogen) atoms. The minimum absolute atomic E-state index is 0.129. The first-order chi connectivity index (χ1) is 13.5. The summed E-state index contributed by atoms with van der Waals surface area (Å²) in [6.45, 7) is 2.04. The van der Waals surface area contributed by atoms with Gasteiger partial charge < -0.3 is 20.0 Å². The molecule has 0 aliphatic carbocycles. The number of hydrogen-bond acceptors (Lipinski definition) is 4. The van der Waals surface area contributed by atoms with Crippen LogP contribution in [0.3, 0.4) is 0 Å². The molecule has 0 radical (unpaired) electrons. The third-order valence-corrected chi connectivity index (χ3v) is 4.76. The van der Waals surface area contributed by atoms with Crippen LogP contribution in [-0.4, -0.2) is 68.3 Å². The molecule has 3 rings (SSSR count). The van der Waals surface area contributed by atoms with Crippen molar-refractivity contribution in [2.45, 2.75) is 0 Å². The van der Waals surface area contributed by atoms with Gasteiger partial charge >= 0.3 is 0 Å². The smallest absolute Gasteiger partial charge is 0.255 e. The Morgan fingerprint density at radius 3 is 2.21 bits per heavy atom. The van der Waals surface area contributed by atoms with Gasteiger partial charge in [0.05, 0.1) is 0 Å². The molecule has 0 spiro atoms. The monoisotopic (exact) mass is 380 g/mol. The van der Waals surface area contributed by atoms with Crippen LogP contribution in [0.4, 0.5) is 11.4 Å². The summed E-state index contributed by atoms with van der Waals surface area (Å²) in [6, 6.07) is 14.2. The van der Waals surface area contributed by atoms with Crippen molar-refractivity contribution in [3.05, 3.63) is 59.7 Å². The van der Waals surface area contributed by atoms with E-state index in [9.17, 15) is 14.4 Å². The van der Waals surface area contributed by atoms with E-state index in [4.69, 9.17) is 0 Å². The summed E-state index contributed by atoms with van der Waals surface area (Å²) >= 11 is 0. The molecule has 0 bridgehead atoms. The minimum Gasteiger partial charge on any atom is -0.378 e. The molecule has 3 amide bonds. The van der Waals surface area contributed by atoms with Crippen molar-refractivity contribution in [2.24, 2.45) is 0 Å². The molecule has 1 N–H and O–H groups in total. The molecule has 2 aromatic rings. The molecule has 7 heteroatoms. The van der Waals surface area contributed by atoms with Gasteiger partial charge in [0.15, 0.2) is 0 Å². The van der Waals surface area contributed by atoms with Crippen molar-refractivity contribution in [1.29, 1.82) is 0 Å². The summed E-state index contributed by atoms with van der Waals surface area (Å²) in [6.07, 6.45) is 0.803. The van der Waals surface area contributed by atoms with Gasteiger partial charge in [-0.15, -0.1) is 0 Å². The van der Waals surface area contributed by atoms with E-state index in [1.165, 1.54) is 0 Å². The number of hydrogen-bond donors (Lipinski definition) is 1. The molecule has 1 aliphatic rings. The quantitative estimate of drug-likeness (QED) is 0.805. The van der Waals surface area contributed by atoms with E-state index in [1.807, 2.05) is 43.3 Å². The highest BCUT2D eigenvalue weighted by molar-refractivity contribution is 6.06. The molecule has 0 unspecified atom stereocenters. The zero-order valence-electron chi connectivity index (χ0n) is 16.1. The largest absolute Gasteiger partial charge is 0.378 e. The third kappa shape index (κ3) is 4.49. The fourth-order valence-electron chi connectivity index (χ4n) is 3.05. The van der Waals surface area contributed by atoms with Crippen LogP contribution in [0.2, 0.25) is 0 Å². The Morgan fingerprint density at radius 2 is 1.61 bits per heavy atom. The van der Waals surface area contributed by atoms with Crippen LogP contribution in [0, 0.1) is 0 Å². The number of piperazine rings is 1. The Balaban J connectivity index is 1.67. The molecule has 1 fully saturated rings. The lowest BCUT2D eigenvalue weighted by molar-refractivity contribution is -0.119. The molecule has 0 saturated carbocycles. The number of anilines is 2. The fourth-order valence-corrected chi connectivity index (χ4v) is 3.05. The number of nitrogens with one attached hydrogen (secondary N) is 1. The van der Waals surface area contributed by atoms with E-state index < -0.39 is 0 Å². The number of amides is 3. The Hall–Kier alpha value is -3.35. The molecular weight excluding hydrogens is 356 g/mol. The molecule has 1 saturated heterocycles. The van der Waals surface area contributed by atoms with Gasteiger partial charge in [0.2, 0.25) is 6.41 Å². The SMILES string of the molecule is CN(C)c1ccc(NC(=O)c2cccc(C(=O)N3CCN(C=O)CC3)c2)cc1. The van der Waals surface area contributed by atoms with Crippen LogP contribution in [-0.2, 0) is 4.79 Å². The second-order valence-corrected chi connectivity index (χ2v) is 6.91. The highest BCUT2D eigenvalue weighted by Crippen LogP contribution is 2.17. The molecule has 0 atom stereocenters. The lowest BCUT2D eigenvalue weighted by atomic mass is 10.1. The number of benzene rings is 2. The second kappa shape index (κ2) is 8.56. The first kappa shape index (κ1) is 19.4. The molecular formula is C21H24N4O3. The zero-order valence-corrected chi connectivity index (χ0v) is 16.1. The van der Waals surface area contributed by atoms with Gasteiger partial charge in [-0.1, -0.05) is 6.07 Å². The van der Waals surface area contributed by atoms with E-state index in [0.717, 1.165) is 12.1 Å². The molecule has 146 valence electrons. The summed E-state index contributed by atoms with van der Waals surface area (Å²) in [7, 11) is 3.91. The maximum atomic E-state index is 12.7. The first-order valence-electron chi connectivity index (χ1n) is 9.15. The van der Waals surface area contributed by atoms with E-state index in [1.54, 1.807) is 34.1 Å². The molecule has 7 nitrogen and oxygen atoms in total. The first-order valence-corrected chi connectivity index (χ1v) is 9.15. The van der Waals surface area contributed by atoms with Gasteiger partial charge in [0.1, 0.15) is 0 Å². The Bertz CT molecular complexity index is 856. The minimum atomic E-state index is -0.266. The van der Waals surface area contributed by atoms with Crippen molar-refractivity contribution < 1.29 is 14.4 Å². The number of nitrogens with zero attached hydrogens (tertiary/aromatic N) is 3. The lowest BCUT2D eigenvalue weighted by Crippen LogP contribution is -2.48. The van der Waals surface area contributed by atoms with Crippen LogP contribution in [0.15, 0.2) is 48.5 Å². The normalized spacial score (nSPS) is 13.8. The van der Waals surface area contributed by atoms with Crippen LogP contribution in [0.1, 0.15) is 20.7 Å². The highest BCUT2D eigenvalue weighted by Gasteiger charge is 2.22. The average Bonchev–Trinajstić information content (AvgIpc) is 2.73. The zero-order chi connectivity index (χ0) is 20.1. The van der Waals surface area contributed by atoms with Gasteiger partial charge in [-0.25, -0.2) is 0 Å². The van der Waals surface area contributed by atoms with Crippen molar-refractivity contribution in [3.63, 3.8) is 0 Å². The van der Waals surface area contributed by atoms with Crippen molar-refractivity contribution >= 4 is 29.6 Å². The maximum absolute atomic E-state index is 12.7. The summed E-state index contributed by atoms with van der Waals surface area (Å²) in [5.74, 6) is -0.395. The summed E-state index contributed by atoms with van der Waals surface area (Å²) in [5, 5.41) is 2.86. The van der Waals surface area contributed by atoms with Gasteiger partial charge in [0, 0.05) is 62.8 Å². The van der Waals surface area contributed by atoms with Gasteiger partial charge in [0.25, 0.3) is 11.8 Å².